The number of aromatic nitrogens is 2. The number of rotatable bonds is 6. The second-order valence-electron chi connectivity index (χ2n) is 7.57. The molecule has 1 atom stereocenters. The minimum atomic E-state index is -0.309. The molecule has 1 unspecified atom stereocenters. The highest BCUT2D eigenvalue weighted by Crippen LogP contribution is 2.21. The Morgan fingerprint density at radius 2 is 2.11 bits per heavy atom. The average Bonchev–Trinajstić information content (AvgIpc) is 3.12. The molecule has 2 heterocycles. The number of halogens is 1. The van der Waals surface area contributed by atoms with Crippen LogP contribution in [-0.2, 0) is 6.54 Å². The van der Waals surface area contributed by atoms with Crippen LogP contribution in [0.25, 0.3) is 5.69 Å². The van der Waals surface area contributed by atoms with E-state index in [0.29, 0.717) is 19.5 Å². The zero-order chi connectivity index (χ0) is 19.2. The first-order chi connectivity index (χ1) is 13.1. The predicted octanol–water partition coefficient (Wildman–Crippen LogP) is 4.28. The van der Waals surface area contributed by atoms with Gasteiger partial charge in [0, 0.05) is 31.4 Å². The van der Waals surface area contributed by atoms with E-state index in [-0.39, 0.29) is 24.5 Å². The SMILES string of the molecule is CC(C)c1nn(-c2ccccc2)cc1CNC(=O)N1CCCC(CCF)C1. The zero-order valence-electron chi connectivity index (χ0n) is 16.2. The Hall–Kier alpha value is -2.37. The van der Waals surface area contributed by atoms with Crippen molar-refractivity contribution in [3.8, 4) is 5.69 Å². The zero-order valence-corrected chi connectivity index (χ0v) is 16.2. The number of hydrogen-bond acceptors (Lipinski definition) is 2. The third kappa shape index (κ3) is 4.87. The Morgan fingerprint density at radius 3 is 2.81 bits per heavy atom. The van der Waals surface area contributed by atoms with Crippen molar-refractivity contribution >= 4 is 6.03 Å². The van der Waals surface area contributed by atoms with Crippen LogP contribution in [0.5, 0.6) is 0 Å². The highest BCUT2D eigenvalue weighted by molar-refractivity contribution is 5.74. The first-order valence-electron chi connectivity index (χ1n) is 9.81. The molecular weight excluding hydrogens is 343 g/mol. The van der Waals surface area contributed by atoms with Crippen LogP contribution in [0.2, 0.25) is 0 Å². The number of para-hydroxylation sites is 1. The summed E-state index contributed by atoms with van der Waals surface area (Å²) in [7, 11) is 0. The lowest BCUT2D eigenvalue weighted by Crippen LogP contribution is -2.45. The van der Waals surface area contributed by atoms with E-state index in [1.807, 2.05) is 46.1 Å². The summed E-state index contributed by atoms with van der Waals surface area (Å²) in [6.45, 7) is 5.75. The van der Waals surface area contributed by atoms with E-state index < -0.39 is 0 Å². The number of carbonyl (C=O) groups excluding carboxylic acids is 1. The molecule has 0 aliphatic carbocycles. The molecule has 0 radical (unpaired) electrons. The number of amides is 2. The summed E-state index contributed by atoms with van der Waals surface area (Å²) in [5, 5.41) is 7.75. The van der Waals surface area contributed by atoms with Gasteiger partial charge in [0.15, 0.2) is 0 Å². The predicted molar refractivity (Wildman–Crippen MR) is 105 cm³/mol. The third-order valence-electron chi connectivity index (χ3n) is 5.14. The van der Waals surface area contributed by atoms with Crippen molar-refractivity contribution in [1.82, 2.24) is 20.0 Å². The average molecular weight is 372 g/mol. The van der Waals surface area contributed by atoms with Crippen LogP contribution in [0.3, 0.4) is 0 Å². The fourth-order valence-corrected chi connectivity index (χ4v) is 3.68. The molecule has 1 fully saturated rings. The van der Waals surface area contributed by atoms with E-state index in [4.69, 9.17) is 5.10 Å². The maximum Gasteiger partial charge on any atom is 0.317 e. The molecule has 1 aliphatic heterocycles. The van der Waals surface area contributed by atoms with Gasteiger partial charge in [-0.1, -0.05) is 32.0 Å². The van der Waals surface area contributed by atoms with Crippen LogP contribution in [0.1, 0.15) is 50.3 Å². The fourth-order valence-electron chi connectivity index (χ4n) is 3.68. The summed E-state index contributed by atoms with van der Waals surface area (Å²) in [4.78, 5) is 14.4. The molecule has 0 spiro atoms. The van der Waals surface area contributed by atoms with Gasteiger partial charge in [-0.15, -0.1) is 0 Å². The van der Waals surface area contributed by atoms with Gasteiger partial charge in [0.05, 0.1) is 18.1 Å². The second-order valence-corrected chi connectivity index (χ2v) is 7.57. The fraction of sp³-hybridized carbons (Fsp3) is 0.524. The first-order valence-corrected chi connectivity index (χ1v) is 9.81. The molecule has 1 N–H and O–H groups in total. The van der Waals surface area contributed by atoms with Gasteiger partial charge in [-0.3, -0.25) is 4.39 Å². The summed E-state index contributed by atoms with van der Waals surface area (Å²) in [5.41, 5.74) is 3.02. The minimum Gasteiger partial charge on any atom is -0.334 e. The van der Waals surface area contributed by atoms with Crippen LogP contribution in [0.15, 0.2) is 36.5 Å². The molecule has 5 nitrogen and oxygen atoms in total. The van der Waals surface area contributed by atoms with Gasteiger partial charge >= 0.3 is 6.03 Å². The number of piperidine rings is 1. The van der Waals surface area contributed by atoms with Gasteiger partial charge in [-0.25, -0.2) is 9.48 Å². The number of carbonyl (C=O) groups is 1. The van der Waals surface area contributed by atoms with Crippen molar-refractivity contribution in [2.45, 2.75) is 45.6 Å². The van der Waals surface area contributed by atoms with Gasteiger partial charge in [-0.2, -0.15) is 5.10 Å². The Morgan fingerprint density at radius 1 is 1.33 bits per heavy atom. The lowest BCUT2D eigenvalue weighted by atomic mass is 9.96. The van der Waals surface area contributed by atoms with Crippen molar-refractivity contribution in [3.05, 3.63) is 47.8 Å². The lowest BCUT2D eigenvalue weighted by molar-refractivity contribution is 0.158. The van der Waals surface area contributed by atoms with Crippen LogP contribution >= 0.6 is 0 Å². The number of benzene rings is 1. The Balaban J connectivity index is 1.66. The van der Waals surface area contributed by atoms with Gasteiger partial charge in [0.1, 0.15) is 0 Å². The highest BCUT2D eigenvalue weighted by atomic mass is 19.1. The molecule has 1 aromatic carbocycles. The van der Waals surface area contributed by atoms with Gasteiger partial charge in [0.25, 0.3) is 0 Å². The van der Waals surface area contributed by atoms with Crippen molar-refractivity contribution in [1.29, 1.82) is 0 Å². The van der Waals surface area contributed by atoms with Crippen LogP contribution in [-0.4, -0.2) is 40.5 Å². The van der Waals surface area contributed by atoms with E-state index in [2.05, 4.69) is 19.2 Å². The Labute approximate surface area is 160 Å². The van der Waals surface area contributed by atoms with Crippen molar-refractivity contribution in [2.75, 3.05) is 19.8 Å². The van der Waals surface area contributed by atoms with E-state index >= 15 is 0 Å². The number of hydrogen-bond donors (Lipinski definition) is 1. The van der Waals surface area contributed by atoms with Crippen molar-refractivity contribution in [3.63, 3.8) is 0 Å². The molecule has 1 aliphatic rings. The van der Waals surface area contributed by atoms with Crippen LogP contribution < -0.4 is 5.32 Å². The number of nitrogens with zero attached hydrogens (tertiary/aromatic N) is 3. The largest absolute Gasteiger partial charge is 0.334 e. The molecule has 27 heavy (non-hydrogen) atoms. The summed E-state index contributed by atoms with van der Waals surface area (Å²) in [6.07, 6.45) is 4.49. The van der Waals surface area contributed by atoms with Gasteiger partial charge < -0.3 is 10.2 Å². The Kier molecular flexibility index (Phi) is 6.48. The first kappa shape index (κ1) is 19.4. The summed E-state index contributed by atoms with van der Waals surface area (Å²) < 4.78 is 14.5. The van der Waals surface area contributed by atoms with Gasteiger partial charge in [0.2, 0.25) is 0 Å². The molecule has 1 saturated heterocycles. The van der Waals surface area contributed by atoms with Crippen molar-refractivity contribution in [2.24, 2.45) is 5.92 Å². The number of likely N-dealkylation sites (tertiary alicyclic amines) is 1. The molecule has 2 amide bonds. The topological polar surface area (TPSA) is 50.2 Å². The summed E-state index contributed by atoms with van der Waals surface area (Å²) in [5.74, 6) is 0.548. The van der Waals surface area contributed by atoms with Crippen LogP contribution in [0.4, 0.5) is 9.18 Å². The number of alkyl halides is 1. The van der Waals surface area contributed by atoms with Gasteiger partial charge in [-0.05, 0) is 43.2 Å². The standard InChI is InChI=1S/C21H29FN4O/c1-16(2)20-18(15-26(24-20)19-8-4-3-5-9-19)13-23-21(27)25-12-6-7-17(14-25)10-11-22/h3-5,8-9,15-17H,6-7,10-14H2,1-2H3,(H,23,27). The highest BCUT2D eigenvalue weighted by Gasteiger charge is 2.23. The smallest absolute Gasteiger partial charge is 0.317 e. The Bertz CT molecular complexity index is 742. The maximum absolute atomic E-state index is 12.6. The molecule has 146 valence electrons. The molecule has 6 heteroatoms. The quantitative estimate of drug-likeness (QED) is 0.823. The molecule has 1 aromatic heterocycles. The molecule has 0 saturated carbocycles. The summed E-state index contributed by atoms with van der Waals surface area (Å²) in [6, 6.07) is 9.90. The van der Waals surface area contributed by atoms with E-state index in [0.717, 1.165) is 36.3 Å². The van der Waals surface area contributed by atoms with Crippen LogP contribution in [0, 0.1) is 5.92 Å². The molecule has 3 rings (SSSR count). The lowest BCUT2D eigenvalue weighted by Gasteiger charge is -2.32. The van der Waals surface area contributed by atoms with E-state index in [9.17, 15) is 9.18 Å². The summed E-state index contributed by atoms with van der Waals surface area (Å²) >= 11 is 0. The third-order valence-corrected chi connectivity index (χ3v) is 5.14. The second kappa shape index (κ2) is 9.02. The van der Waals surface area contributed by atoms with E-state index in [1.165, 1.54) is 0 Å². The number of nitrogens with one attached hydrogen (secondary N) is 1. The molecule has 0 bridgehead atoms. The number of urea groups is 1. The monoisotopic (exact) mass is 372 g/mol. The normalized spacial score (nSPS) is 17.3. The molecular formula is C21H29FN4O. The maximum atomic E-state index is 12.6. The van der Waals surface area contributed by atoms with E-state index in [1.54, 1.807) is 0 Å². The molecule has 2 aromatic rings. The van der Waals surface area contributed by atoms with Crippen molar-refractivity contribution < 1.29 is 9.18 Å². The minimum absolute atomic E-state index is 0.0688.